The molecule has 2 fully saturated rings. The Hall–Kier alpha value is -0.610. The maximum absolute atomic E-state index is 11.9. The summed E-state index contributed by atoms with van der Waals surface area (Å²) in [5, 5.41) is 13.0. The largest absolute Gasteiger partial charge is 0.380 e. The van der Waals surface area contributed by atoms with E-state index in [2.05, 4.69) is 24.3 Å². The van der Waals surface area contributed by atoms with Crippen molar-refractivity contribution in [2.75, 3.05) is 20.6 Å². The fourth-order valence-electron chi connectivity index (χ4n) is 3.06. The minimum Gasteiger partial charge on any atom is -0.380 e. The average molecular weight is 254 g/mol. The minimum atomic E-state index is -1.04. The molecule has 2 N–H and O–H groups in total. The van der Waals surface area contributed by atoms with Crippen LogP contribution in [0.1, 0.15) is 44.9 Å². The number of hydrogen-bond acceptors (Lipinski definition) is 3. The predicted octanol–water partition coefficient (Wildman–Crippen LogP) is 1.14. The van der Waals surface area contributed by atoms with E-state index in [-0.39, 0.29) is 11.9 Å². The Morgan fingerprint density at radius 3 is 2.33 bits per heavy atom. The quantitative estimate of drug-likeness (QED) is 0.791. The molecule has 1 amide bonds. The Morgan fingerprint density at radius 1 is 1.28 bits per heavy atom. The molecule has 4 heteroatoms. The molecule has 0 aromatic rings. The maximum Gasteiger partial charge on any atom is 0.252 e. The molecular formula is C14H26N2O2. The van der Waals surface area contributed by atoms with Crippen molar-refractivity contribution in [1.82, 2.24) is 10.2 Å². The normalized spacial score (nSPS) is 30.9. The van der Waals surface area contributed by atoms with Gasteiger partial charge >= 0.3 is 0 Å². The first-order chi connectivity index (χ1) is 8.49. The Morgan fingerprint density at radius 2 is 1.89 bits per heavy atom. The molecule has 2 aliphatic carbocycles. The first-order valence-corrected chi connectivity index (χ1v) is 7.18. The van der Waals surface area contributed by atoms with Gasteiger partial charge in [-0.05, 0) is 65.0 Å². The topological polar surface area (TPSA) is 52.6 Å². The van der Waals surface area contributed by atoms with E-state index in [1.807, 2.05) is 0 Å². The van der Waals surface area contributed by atoms with Crippen molar-refractivity contribution in [3.05, 3.63) is 0 Å². The third kappa shape index (κ3) is 3.23. The smallest absolute Gasteiger partial charge is 0.252 e. The van der Waals surface area contributed by atoms with Gasteiger partial charge in [0.15, 0.2) is 0 Å². The zero-order valence-corrected chi connectivity index (χ0v) is 11.6. The Kier molecular flexibility index (Phi) is 4.28. The van der Waals surface area contributed by atoms with E-state index in [0.717, 1.165) is 31.7 Å². The SMILES string of the molecule is CN(C)CC1CCC(NC(=O)C2(O)CCC2)CC1. The highest BCUT2D eigenvalue weighted by atomic mass is 16.3. The molecule has 0 bridgehead atoms. The van der Waals surface area contributed by atoms with E-state index >= 15 is 0 Å². The summed E-state index contributed by atoms with van der Waals surface area (Å²) in [7, 11) is 4.22. The van der Waals surface area contributed by atoms with Crippen LogP contribution in [0.4, 0.5) is 0 Å². The highest BCUT2D eigenvalue weighted by Gasteiger charge is 2.42. The van der Waals surface area contributed by atoms with Gasteiger partial charge in [0, 0.05) is 12.6 Å². The van der Waals surface area contributed by atoms with Gasteiger partial charge in [-0.2, -0.15) is 0 Å². The second-order valence-electron chi connectivity index (χ2n) is 6.34. The lowest BCUT2D eigenvalue weighted by molar-refractivity contribution is -0.149. The molecule has 0 radical (unpaired) electrons. The first-order valence-electron chi connectivity index (χ1n) is 7.18. The number of amides is 1. The highest BCUT2D eigenvalue weighted by molar-refractivity contribution is 5.86. The molecule has 0 aromatic heterocycles. The molecule has 0 atom stereocenters. The molecule has 0 heterocycles. The third-order valence-corrected chi connectivity index (χ3v) is 4.41. The van der Waals surface area contributed by atoms with E-state index < -0.39 is 5.60 Å². The average Bonchev–Trinajstić information content (AvgIpc) is 2.28. The molecule has 0 aromatic carbocycles. The molecule has 0 unspecified atom stereocenters. The number of rotatable bonds is 4. The number of aliphatic hydroxyl groups is 1. The van der Waals surface area contributed by atoms with E-state index in [1.165, 1.54) is 12.8 Å². The van der Waals surface area contributed by atoms with Crippen LogP contribution in [-0.2, 0) is 4.79 Å². The standard InChI is InChI=1S/C14H26N2O2/c1-16(2)10-11-4-6-12(7-5-11)15-13(17)14(18)8-3-9-14/h11-12,18H,3-10H2,1-2H3,(H,15,17). The van der Waals surface area contributed by atoms with Crippen molar-refractivity contribution in [2.45, 2.75) is 56.6 Å². The first kappa shape index (κ1) is 13.8. The van der Waals surface area contributed by atoms with Gasteiger partial charge in [-0.3, -0.25) is 4.79 Å². The monoisotopic (exact) mass is 254 g/mol. The van der Waals surface area contributed by atoms with E-state index in [9.17, 15) is 9.90 Å². The van der Waals surface area contributed by atoms with E-state index in [0.29, 0.717) is 12.8 Å². The fraction of sp³-hybridized carbons (Fsp3) is 0.929. The van der Waals surface area contributed by atoms with Gasteiger partial charge in [-0.15, -0.1) is 0 Å². The van der Waals surface area contributed by atoms with Crippen LogP contribution in [0.2, 0.25) is 0 Å². The van der Waals surface area contributed by atoms with Crippen molar-refractivity contribution in [1.29, 1.82) is 0 Å². The van der Waals surface area contributed by atoms with Crippen molar-refractivity contribution in [3.63, 3.8) is 0 Å². The van der Waals surface area contributed by atoms with Crippen LogP contribution in [-0.4, -0.2) is 48.2 Å². The molecule has 2 rings (SSSR count). The fourth-order valence-corrected chi connectivity index (χ4v) is 3.06. The number of nitrogens with zero attached hydrogens (tertiary/aromatic N) is 1. The summed E-state index contributed by atoms with van der Waals surface area (Å²) in [6.07, 6.45) is 6.72. The van der Waals surface area contributed by atoms with Crippen LogP contribution >= 0.6 is 0 Å². The van der Waals surface area contributed by atoms with Crippen molar-refractivity contribution in [2.24, 2.45) is 5.92 Å². The summed E-state index contributed by atoms with van der Waals surface area (Å²) in [5.74, 6) is 0.629. The molecular weight excluding hydrogens is 228 g/mol. The zero-order chi connectivity index (χ0) is 13.2. The van der Waals surface area contributed by atoms with Crippen molar-refractivity contribution < 1.29 is 9.90 Å². The Bertz CT molecular complexity index is 292. The van der Waals surface area contributed by atoms with Gasteiger partial charge in [0.25, 0.3) is 5.91 Å². The van der Waals surface area contributed by atoms with Gasteiger partial charge in [-0.25, -0.2) is 0 Å². The summed E-state index contributed by atoms with van der Waals surface area (Å²) >= 11 is 0. The molecule has 18 heavy (non-hydrogen) atoms. The second-order valence-corrected chi connectivity index (χ2v) is 6.34. The van der Waals surface area contributed by atoms with Crippen LogP contribution in [0.25, 0.3) is 0 Å². The number of nitrogens with one attached hydrogen (secondary N) is 1. The van der Waals surface area contributed by atoms with Crippen LogP contribution < -0.4 is 5.32 Å². The predicted molar refractivity (Wildman–Crippen MR) is 71.2 cm³/mol. The Balaban J connectivity index is 1.72. The van der Waals surface area contributed by atoms with Crippen LogP contribution in [0, 0.1) is 5.92 Å². The lowest BCUT2D eigenvalue weighted by Gasteiger charge is -2.37. The van der Waals surface area contributed by atoms with E-state index in [4.69, 9.17) is 0 Å². The third-order valence-electron chi connectivity index (χ3n) is 4.41. The summed E-state index contributed by atoms with van der Waals surface area (Å²) in [6, 6.07) is 0.278. The summed E-state index contributed by atoms with van der Waals surface area (Å²) in [5.41, 5.74) is -1.04. The molecule has 0 saturated heterocycles. The maximum atomic E-state index is 11.9. The Labute approximate surface area is 110 Å². The minimum absolute atomic E-state index is 0.134. The molecule has 2 saturated carbocycles. The van der Waals surface area contributed by atoms with Crippen LogP contribution in [0.5, 0.6) is 0 Å². The molecule has 0 aliphatic heterocycles. The van der Waals surface area contributed by atoms with Crippen LogP contribution in [0.3, 0.4) is 0 Å². The van der Waals surface area contributed by atoms with Gasteiger partial charge in [0.05, 0.1) is 0 Å². The number of hydrogen-bond donors (Lipinski definition) is 2. The lowest BCUT2D eigenvalue weighted by Crippen LogP contribution is -2.54. The second kappa shape index (κ2) is 5.57. The molecule has 0 spiro atoms. The van der Waals surface area contributed by atoms with Gasteiger partial charge in [-0.1, -0.05) is 0 Å². The summed E-state index contributed by atoms with van der Waals surface area (Å²) in [6.45, 7) is 1.14. The van der Waals surface area contributed by atoms with Gasteiger partial charge < -0.3 is 15.3 Å². The van der Waals surface area contributed by atoms with E-state index in [1.54, 1.807) is 0 Å². The summed E-state index contributed by atoms with van der Waals surface area (Å²) in [4.78, 5) is 14.1. The summed E-state index contributed by atoms with van der Waals surface area (Å²) < 4.78 is 0. The van der Waals surface area contributed by atoms with Crippen molar-refractivity contribution >= 4 is 5.91 Å². The molecule has 4 nitrogen and oxygen atoms in total. The van der Waals surface area contributed by atoms with Crippen molar-refractivity contribution in [3.8, 4) is 0 Å². The van der Waals surface area contributed by atoms with Gasteiger partial charge in [0.2, 0.25) is 0 Å². The zero-order valence-electron chi connectivity index (χ0n) is 11.6. The van der Waals surface area contributed by atoms with Crippen LogP contribution in [0.15, 0.2) is 0 Å². The lowest BCUT2D eigenvalue weighted by atomic mass is 9.79. The van der Waals surface area contributed by atoms with Gasteiger partial charge in [0.1, 0.15) is 5.60 Å². The number of carbonyl (C=O) groups is 1. The molecule has 104 valence electrons. The number of carbonyl (C=O) groups excluding carboxylic acids is 1. The molecule has 2 aliphatic rings. The highest BCUT2D eigenvalue weighted by Crippen LogP contribution is 2.32.